The molecule has 0 radical (unpaired) electrons. The highest BCUT2D eigenvalue weighted by molar-refractivity contribution is 5.96. The summed E-state index contributed by atoms with van der Waals surface area (Å²) in [5.74, 6) is -0.307. The molecule has 8 nitrogen and oxygen atoms in total. The molecule has 1 spiro atoms. The molecule has 1 aromatic carbocycles. The number of amides is 1. The summed E-state index contributed by atoms with van der Waals surface area (Å²) >= 11 is 0. The van der Waals surface area contributed by atoms with Crippen LogP contribution in [0.1, 0.15) is 65.4 Å². The Hall–Kier alpha value is -3.89. The van der Waals surface area contributed by atoms with Gasteiger partial charge in [0.25, 0.3) is 6.01 Å². The summed E-state index contributed by atoms with van der Waals surface area (Å²) < 4.78 is 47.2. The van der Waals surface area contributed by atoms with E-state index in [9.17, 15) is 22.8 Å². The number of alkyl halides is 3. The molecule has 3 aromatic rings. The maximum Gasteiger partial charge on any atom is 0.437 e. The van der Waals surface area contributed by atoms with Gasteiger partial charge in [-0.3, -0.25) is 9.59 Å². The highest BCUT2D eigenvalue weighted by atomic mass is 19.4. The molecule has 0 unspecified atom stereocenters. The molecular weight excluding hydrogens is 547 g/mol. The fourth-order valence-electron chi connectivity index (χ4n) is 6.55. The van der Waals surface area contributed by atoms with Crippen LogP contribution < -0.4 is 9.80 Å². The van der Waals surface area contributed by atoms with E-state index in [1.165, 1.54) is 11.8 Å². The van der Waals surface area contributed by atoms with Crippen LogP contribution in [-0.2, 0) is 17.4 Å². The predicted octanol–water partition coefficient (Wildman–Crippen LogP) is 5.35. The van der Waals surface area contributed by atoms with Crippen LogP contribution in [0, 0.1) is 5.41 Å². The Kier molecular flexibility index (Phi) is 7.44. The molecule has 3 aliphatic rings. The van der Waals surface area contributed by atoms with Gasteiger partial charge in [0.15, 0.2) is 5.69 Å². The Balaban J connectivity index is 1.10. The van der Waals surface area contributed by atoms with Crippen LogP contribution in [0.2, 0.25) is 0 Å². The first-order chi connectivity index (χ1) is 20.1. The number of nitrogens with zero attached hydrogens (tertiary/aromatic N) is 5. The third-order valence-corrected chi connectivity index (χ3v) is 9.12. The number of aromatic nitrogens is 2. The summed E-state index contributed by atoms with van der Waals surface area (Å²) in [6, 6.07) is 13.3. The second kappa shape index (κ2) is 11.1. The number of ketones is 1. The van der Waals surface area contributed by atoms with Gasteiger partial charge in [-0.2, -0.15) is 18.2 Å². The van der Waals surface area contributed by atoms with Crippen molar-refractivity contribution in [2.75, 3.05) is 49.6 Å². The number of rotatable bonds is 6. The number of anilines is 2. The topological polar surface area (TPSA) is 82.8 Å². The maximum atomic E-state index is 13.9. The molecule has 11 heteroatoms. The van der Waals surface area contributed by atoms with Gasteiger partial charge in [-0.05, 0) is 55.2 Å². The Bertz CT molecular complexity index is 1420. The zero-order valence-corrected chi connectivity index (χ0v) is 23.6. The van der Waals surface area contributed by atoms with Crippen molar-refractivity contribution in [3.8, 4) is 0 Å². The van der Waals surface area contributed by atoms with Crippen molar-refractivity contribution >= 4 is 23.5 Å². The number of oxazole rings is 1. The zero-order valence-electron chi connectivity index (χ0n) is 23.6. The van der Waals surface area contributed by atoms with E-state index in [1.807, 2.05) is 25.2 Å². The van der Waals surface area contributed by atoms with Crippen molar-refractivity contribution in [3.63, 3.8) is 0 Å². The quantitative estimate of drug-likeness (QED) is 0.363. The first-order valence-electron chi connectivity index (χ1n) is 14.5. The molecule has 5 heterocycles. The number of hydrogen-bond donors (Lipinski definition) is 0. The molecule has 2 aromatic heterocycles. The van der Waals surface area contributed by atoms with Crippen LogP contribution in [0.4, 0.5) is 25.0 Å². The molecule has 0 bridgehead atoms. The van der Waals surface area contributed by atoms with E-state index in [1.54, 1.807) is 21.9 Å². The van der Waals surface area contributed by atoms with Gasteiger partial charge < -0.3 is 19.1 Å². The summed E-state index contributed by atoms with van der Waals surface area (Å²) in [5.41, 5.74) is 0.129. The van der Waals surface area contributed by atoms with Crippen LogP contribution in [0.25, 0.3) is 0 Å². The largest absolute Gasteiger partial charge is 0.437 e. The van der Waals surface area contributed by atoms with Gasteiger partial charge in [0.05, 0.1) is 5.41 Å². The van der Waals surface area contributed by atoms with Crippen LogP contribution in [-0.4, -0.2) is 66.3 Å². The average Bonchev–Trinajstić information content (AvgIpc) is 3.58. The lowest BCUT2D eigenvalue weighted by Gasteiger charge is -2.38. The third-order valence-electron chi connectivity index (χ3n) is 9.12. The van der Waals surface area contributed by atoms with Gasteiger partial charge in [0, 0.05) is 52.4 Å². The van der Waals surface area contributed by atoms with Crippen molar-refractivity contribution in [1.82, 2.24) is 14.9 Å². The van der Waals surface area contributed by atoms with Crippen molar-refractivity contribution in [2.45, 2.75) is 50.6 Å². The Morgan fingerprint density at radius 2 is 1.67 bits per heavy atom. The van der Waals surface area contributed by atoms with Crippen molar-refractivity contribution in [2.24, 2.45) is 5.41 Å². The highest BCUT2D eigenvalue weighted by Crippen LogP contribution is 2.42. The van der Waals surface area contributed by atoms with E-state index >= 15 is 0 Å². The molecule has 1 amide bonds. The van der Waals surface area contributed by atoms with Crippen molar-refractivity contribution in [3.05, 3.63) is 71.2 Å². The number of likely N-dealkylation sites (tertiary alicyclic amines) is 1. The number of pyridine rings is 1. The fraction of sp³-hybridized carbons (Fsp3) is 0.484. The molecule has 0 aliphatic carbocycles. The van der Waals surface area contributed by atoms with E-state index in [0.29, 0.717) is 37.7 Å². The highest BCUT2D eigenvalue weighted by Gasteiger charge is 2.47. The second-order valence-corrected chi connectivity index (χ2v) is 11.7. The van der Waals surface area contributed by atoms with Crippen molar-refractivity contribution in [1.29, 1.82) is 0 Å². The minimum absolute atomic E-state index is 0.166. The number of halogens is 3. The summed E-state index contributed by atoms with van der Waals surface area (Å²) in [6.07, 6.45) is 0.307. The number of Topliss-reactive ketones (excluding diaryl/α,β-unsaturated/α-hetero) is 1. The summed E-state index contributed by atoms with van der Waals surface area (Å²) in [5, 5.41) is 0. The molecule has 0 atom stereocenters. The van der Waals surface area contributed by atoms with Gasteiger partial charge in [-0.1, -0.05) is 36.4 Å². The minimum Gasteiger partial charge on any atom is -0.420 e. The van der Waals surface area contributed by atoms with E-state index < -0.39 is 23.4 Å². The molecule has 0 saturated carbocycles. The minimum atomic E-state index is -4.82. The predicted molar refractivity (Wildman–Crippen MR) is 151 cm³/mol. The molecule has 0 N–H and O–H groups in total. The van der Waals surface area contributed by atoms with E-state index in [2.05, 4.69) is 27.0 Å². The van der Waals surface area contributed by atoms with Crippen LogP contribution >= 0.6 is 0 Å². The second-order valence-electron chi connectivity index (χ2n) is 11.7. The van der Waals surface area contributed by atoms with Gasteiger partial charge in [0.1, 0.15) is 5.82 Å². The Morgan fingerprint density at radius 1 is 0.976 bits per heavy atom. The summed E-state index contributed by atoms with van der Waals surface area (Å²) in [7, 11) is 1.84. The first-order valence-corrected chi connectivity index (χ1v) is 14.5. The monoisotopic (exact) mass is 581 g/mol. The van der Waals surface area contributed by atoms with Crippen LogP contribution in [0.15, 0.2) is 53.1 Å². The number of hydrogen-bond acceptors (Lipinski definition) is 7. The lowest BCUT2D eigenvalue weighted by molar-refractivity contribution is -0.141. The van der Waals surface area contributed by atoms with Crippen LogP contribution in [0.3, 0.4) is 0 Å². The van der Waals surface area contributed by atoms with Gasteiger partial charge in [0.2, 0.25) is 17.5 Å². The first kappa shape index (κ1) is 28.2. The standard InChI is InChI=1S/C31H34F3N5O3/c1-37-16-11-30(28(37)41)12-17-38(18-13-30)25-8-7-21(20-35-25)19-24(40)26-27(31(32,33)34)36-29(42-26)39-14-9-23(10-15-39)22-5-3-2-4-6-22/h2-8,20,23H,9-19H2,1H3. The van der Waals surface area contributed by atoms with E-state index in [0.717, 1.165) is 44.5 Å². The molecular formula is C31H34F3N5O3. The Morgan fingerprint density at radius 3 is 2.26 bits per heavy atom. The molecule has 3 saturated heterocycles. The number of carbonyl (C=O) groups is 2. The number of piperidine rings is 2. The van der Waals surface area contributed by atoms with Gasteiger partial charge in [-0.15, -0.1) is 0 Å². The van der Waals surface area contributed by atoms with E-state index in [4.69, 9.17) is 4.42 Å². The molecule has 3 fully saturated rings. The number of benzene rings is 1. The lowest BCUT2D eigenvalue weighted by atomic mass is 9.77. The zero-order chi connectivity index (χ0) is 29.5. The summed E-state index contributed by atoms with van der Waals surface area (Å²) in [6.45, 7) is 3.15. The lowest BCUT2D eigenvalue weighted by Crippen LogP contribution is -2.44. The number of carbonyl (C=O) groups excluding carboxylic acids is 2. The van der Waals surface area contributed by atoms with Gasteiger partial charge >= 0.3 is 6.18 Å². The Labute approximate surface area is 242 Å². The molecule has 222 valence electrons. The van der Waals surface area contributed by atoms with Crippen molar-refractivity contribution < 1.29 is 27.2 Å². The SMILES string of the molecule is CN1CCC2(CCN(c3ccc(CC(=O)c4oc(N5CCC(c6ccccc6)CC5)nc4C(F)(F)F)cn3)CC2)C1=O. The maximum absolute atomic E-state index is 13.9. The molecule has 6 rings (SSSR count). The normalized spacial score (nSPS) is 19.6. The third kappa shape index (κ3) is 5.48. The average molecular weight is 582 g/mol. The molecule has 3 aliphatic heterocycles. The van der Waals surface area contributed by atoms with Gasteiger partial charge in [-0.25, -0.2) is 4.98 Å². The summed E-state index contributed by atoms with van der Waals surface area (Å²) in [4.78, 5) is 39.5. The molecule has 42 heavy (non-hydrogen) atoms. The van der Waals surface area contributed by atoms with E-state index in [-0.39, 0.29) is 23.8 Å². The smallest absolute Gasteiger partial charge is 0.420 e. The fourth-order valence-corrected chi connectivity index (χ4v) is 6.55. The van der Waals surface area contributed by atoms with Crippen LogP contribution in [0.5, 0.6) is 0 Å².